The zero-order valence-corrected chi connectivity index (χ0v) is 13.8. The van der Waals surface area contributed by atoms with E-state index in [1.807, 2.05) is 0 Å². The third-order valence-corrected chi connectivity index (χ3v) is 3.54. The van der Waals surface area contributed by atoms with Crippen LogP contribution in [0, 0.1) is 5.92 Å². The number of halogens is 4. The first-order valence-corrected chi connectivity index (χ1v) is 7.26. The molecular formula is C14H16BrF3N2O2. The molecular weight excluding hydrogens is 365 g/mol. The zero-order chi connectivity index (χ0) is 17.1. The first kappa shape index (κ1) is 18.5. The third kappa shape index (κ3) is 5.01. The number of hydrogen-bond acceptors (Lipinski definition) is 2. The molecule has 0 radical (unpaired) electrons. The SMILES string of the molecule is CC(=O)NC(C(=O)Nc1ccc(Br)c(C(F)(F)F)c1)C(C)C. The molecule has 0 saturated carbocycles. The number of amides is 2. The van der Waals surface area contributed by atoms with Gasteiger partial charge in [0.05, 0.1) is 5.56 Å². The Labute approximate surface area is 134 Å². The number of alkyl halides is 3. The van der Waals surface area contributed by atoms with Crippen molar-refractivity contribution in [3.05, 3.63) is 28.2 Å². The molecule has 0 fully saturated rings. The van der Waals surface area contributed by atoms with E-state index in [2.05, 4.69) is 26.6 Å². The number of carbonyl (C=O) groups is 2. The van der Waals surface area contributed by atoms with Gasteiger partial charge in [-0.3, -0.25) is 9.59 Å². The van der Waals surface area contributed by atoms with Crippen LogP contribution in [0.5, 0.6) is 0 Å². The van der Waals surface area contributed by atoms with Crippen molar-refractivity contribution < 1.29 is 22.8 Å². The molecule has 0 spiro atoms. The zero-order valence-electron chi connectivity index (χ0n) is 12.2. The van der Waals surface area contributed by atoms with Crippen LogP contribution in [0.1, 0.15) is 26.3 Å². The molecule has 0 aromatic heterocycles. The molecule has 0 aliphatic carbocycles. The Morgan fingerprint density at radius 3 is 2.27 bits per heavy atom. The van der Waals surface area contributed by atoms with E-state index in [9.17, 15) is 22.8 Å². The highest BCUT2D eigenvalue weighted by atomic mass is 79.9. The topological polar surface area (TPSA) is 58.2 Å². The van der Waals surface area contributed by atoms with Gasteiger partial charge in [-0.15, -0.1) is 0 Å². The van der Waals surface area contributed by atoms with Crippen LogP contribution in [0.2, 0.25) is 0 Å². The summed E-state index contributed by atoms with van der Waals surface area (Å²) in [5, 5.41) is 4.87. The van der Waals surface area contributed by atoms with Crippen molar-refractivity contribution in [3.8, 4) is 0 Å². The molecule has 0 bridgehead atoms. The minimum atomic E-state index is -4.53. The highest BCUT2D eigenvalue weighted by Crippen LogP contribution is 2.36. The molecule has 1 atom stereocenters. The molecule has 1 rings (SSSR count). The van der Waals surface area contributed by atoms with E-state index in [0.29, 0.717) is 0 Å². The Morgan fingerprint density at radius 2 is 1.82 bits per heavy atom. The fourth-order valence-corrected chi connectivity index (χ4v) is 2.27. The first-order chi connectivity index (χ1) is 10.0. The summed E-state index contributed by atoms with van der Waals surface area (Å²) in [6, 6.07) is 2.58. The van der Waals surface area contributed by atoms with E-state index in [-0.39, 0.29) is 22.0 Å². The number of nitrogens with one attached hydrogen (secondary N) is 2. The Kier molecular flexibility index (Phi) is 5.99. The first-order valence-electron chi connectivity index (χ1n) is 6.47. The third-order valence-electron chi connectivity index (χ3n) is 2.85. The van der Waals surface area contributed by atoms with Gasteiger partial charge in [-0.2, -0.15) is 13.2 Å². The minimum absolute atomic E-state index is 0.0107. The molecule has 1 aromatic rings. The van der Waals surface area contributed by atoms with Crippen LogP contribution in [-0.2, 0) is 15.8 Å². The van der Waals surface area contributed by atoms with E-state index in [1.54, 1.807) is 13.8 Å². The predicted octanol–water partition coefficient (Wildman–Crippen LogP) is 3.57. The summed E-state index contributed by atoms with van der Waals surface area (Å²) in [4.78, 5) is 23.2. The van der Waals surface area contributed by atoms with E-state index in [4.69, 9.17) is 0 Å². The van der Waals surface area contributed by atoms with Gasteiger partial charge < -0.3 is 10.6 Å². The van der Waals surface area contributed by atoms with Gasteiger partial charge in [0, 0.05) is 17.1 Å². The number of rotatable bonds is 4. The monoisotopic (exact) mass is 380 g/mol. The minimum Gasteiger partial charge on any atom is -0.344 e. The Hall–Kier alpha value is -1.57. The molecule has 122 valence electrons. The molecule has 22 heavy (non-hydrogen) atoms. The van der Waals surface area contributed by atoms with Crippen LogP contribution in [0.3, 0.4) is 0 Å². The van der Waals surface area contributed by atoms with Crippen molar-refractivity contribution in [2.75, 3.05) is 5.32 Å². The maximum atomic E-state index is 12.8. The van der Waals surface area contributed by atoms with E-state index >= 15 is 0 Å². The van der Waals surface area contributed by atoms with Crippen LogP contribution >= 0.6 is 15.9 Å². The standard InChI is InChI=1S/C14H16BrF3N2O2/c1-7(2)12(19-8(3)21)13(22)20-9-4-5-11(15)10(6-9)14(16,17)18/h4-7,12H,1-3H3,(H,19,21)(H,20,22). The molecule has 2 N–H and O–H groups in total. The molecule has 2 amide bonds. The highest BCUT2D eigenvalue weighted by molar-refractivity contribution is 9.10. The van der Waals surface area contributed by atoms with Crippen molar-refractivity contribution >= 4 is 33.4 Å². The molecule has 0 saturated heterocycles. The van der Waals surface area contributed by atoms with E-state index < -0.39 is 23.7 Å². The molecule has 4 nitrogen and oxygen atoms in total. The lowest BCUT2D eigenvalue weighted by atomic mass is 10.0. The second-order valence-corrected chi connectivity index (χ2v) is 5.96. The fourth-order valence-electron chi connectivity index (χ4n) is 1.79. The van der Waals surface area contributed by atoms with Gasteiger partial charge in [0.15, 0.2) is 0 Å². The van der Waals surface area contributed by atoms with Crippen molar-refractivity contribution in [2.45, 2.75) is 33.0 Å². The molecule has 8 heteroatoms. The summed E-state index contributed by atoms with van der Waals surface area (Å²) in [7, 11) is 0. The molecule has 0 aliphatic heterocycles. The van der Waals surface area contributed by atoms with Crippen LogP contribution < -0.4 is 10.6 Å². The summed E-state index contributed by atoms with van der Waals surface area (Å²) >= 11 is 2.83. The Morgan fingerprint density at radius 1 is 1.23 bits per heavy atom. The van der Waals surface area contributed by atoms with Gasteiger partial charge in [-0.1, -0.05) is 29.8 Å². The number of hydrogen-bond donors (Lipinski definition) is 2. The fraction of sp³-hybridized carbons (Fsp3) is 0.429. The number of anilines is 1. The Bertz CT molecular complexity index is 574. The van der Waals surface area contributed by atoms with E-state index in [1.165, 1.54) is 19.1 Å². The summed E-state index contributed by atoms with van der Waals surface area (Å²) in [6.45, 7) is 4.72. The lowest BCUT2D eigenvalue weighted by Crippen LogP contribution is -2.46. The summed E-state index contributed by atoms with van der Waals surface area (Å²) in [5.74, 6) is -1.16. The van der Waals surface area contributed by atoms with E-state index in [0.717, 1.165) is 6.07 Å². The van der Waals surface area contributed by atoms with Crippen LogP contribution in [0.15, 0.2) is 22.7 Å². The average Bonchev–Trinajstić information content (AvgIpc) is 2.36. The number of carbonyl (C=O) groups excluding carboxylic acids is 2. The van der Waals surface area contributed by atoms with Gasteiger partial charge in [0.25, 0.3) is 0 Å². The second kappa shape index (κ2) is 7.13. The van der Waals surface area contributed by atoms with Gasteiger partial charge in [0.2, 0.25) is 11.8 Å². The Balaban J connectivity index is 2.99. The van der Waals surface area contributed by atoms with Crippen LogP contribution in [-0.4, -0.2) is 17.9 Å². The van der Waals surface area contributed by atoms with Gasteiger partial charge in [-0.25, -0.2) is 0 Å². The van der Waals surface area contributed by atoms with Crippen molar-refractivity contribution in [2.24, 2.45) is 5.92 Å². The molecule has 1 unspecified atom stereocenters. The summed E-state index contributed by atoms with van der Waals surface area (Å²) in [6.07, 6.45) is -4.53. The predicted molar refractivity (Wildman–Crippen MR) is 80.2 cm³/mol. The van der Waals surface area contributed by atoms with Crippen LogP contribution in [0.25, 0.3) is 0 Å². The second-order valence-electron chi connectivity index (χ2n) is 5.10. The normalized spacial score (nSPS) is 12.9. The molecule has 0 aliphatic rings. The lowest BCUT2D eigenvalue weighted by molar-refractivity contribution is -0.138. The largest absolute Gasteiger partial charge is 0.417 e. The highest BCUT2D eigenvalue weighted by Gasteiger charge is 2.33. The smallest absolute Gasteiger partial charge is 0.344 e. The molecule has 0 heterocycles. The average molecular weight is 381 g/mol. The summed E-state index contributed by atoms with van der Waals surface area (Å²) in [5.41, 5.74) is -0.873. The van der Waals surface area contributed by atoms with Gasteiger partial charge in [-0.05, 0) is 24.1 Å². The maximum Gasteiger partial charge on any atom is 0.417 e. The quantitative estimate of drug-likeness (QED) is 0.838. The van der Waals surface area contributed by atoms with Crippen molar-refractivity contribution in [1.82, 2.24) is 5.32 Å². The summed E-state index contributed by atoms with van der Waals surface area (Å²) < 4.78 is 38.4. The lowest BCUT2D eigenvalue weighted by Gasteiger charge is -2.21. The molecule has 1 aromatic carbocycles. The maximum absolute atomic E-state index is 12.8. The van der Waals surface area contributed by atoms with Crippen molar-refractivity contribution in [3.63, 3.8) is 0 Å². The van der Waals surface area contributed by atoms with Gasteiger partial charge in [0.1, 0.15) is 6.04 Å². The van der Waals surface area contributed by atoms with Crippen molar-refractivity contribution in [1.29, 1.82) is 0 Å². The van der Waals surface area contributed by atoms with Gasteiger partial charge >= 0.3 is 6.18 Å². The number of benzene rings is 1. The van der Waals surface area contributed by atoms with Crippen LogP contribution in [0.4, 0.5) is 18.9 Å².